The van der Waals surface area contributed by atoms with Gasteiger partial charge in [0.1, 0.15) is 15.7 Å². The standard InChI is InChI=1S/C16H17N3OS2/c1-9-10(2)22-16-14(9)15(17-11(3)18-16)21-8-13(20)12-6-5-7-19(12)4/h5-7H,8H2,1-4H3. The molecule has 0 saturated heterocycles. The molecule has 3 aromatic rings. The van der Waals surface area contributed by atoms with Gasteiger partial charge in [-0.2, -0.15) is 0 Å². The van der Waals surface area contributed by atoms with E-state index >= 15 is 0 Å². The van der Waals surface area contributed by atoms with E-state index in [-0.39, 0.29) is 5.78 Å². The Balaban J connectivity index is 1.91. The van der Waals surface area contributed by atoms with Crippen LogP contribution in [0.3, 0.4) is 0 Å². The highest BCUT2D eigenvalue weighted by molar-refractivity contribution is 8.00. The second kappa shape index (κ2) is 5.85. The fraction of sp³-hybridized carbons (Fsp3) is 0.312. The summed E-state index contributed by atoms with van der Waals surface area (Å²) in [5.41, 5.74) is 1.95. The van der Waals surface area contributed by atoms with E-state index in [2.05, 4.69) is 23.8 Å². The third-order valence-electron chi connectivity index (χ3n) is 3.68. The number of hydrogen-bond acceptors (Lipinski definition) is 5. The molecule has 3 rings (SSSR count). The molecule has 0 aromatic carbocycles. The number of hydrogen-bond donors (Lipinski definition) is 0. The molecule has 0 radical (unpaired) electrons. The molecular weight excluding hydrogens is 314 g/mol. The van der Waals surface area contributed by atoms with Gasteiger partial charge in [-0.3, -0.25) is 4.79 Å². The first-order chi connectivity index (χ1) is 10.5. The van der Waals surface area contributed by atoms with Crippen molar-refractivity contribution in [2.24, 2.45) is 7.05 Å². The van der Waals surface area contributed by atoms with Crippen LogP contribution in [0.2, 0.25) is 0 Å². The van der Waals surface area contributed by atoms with Crippen molar-refractivity contribution in [3.63, 3.8) is 0 Å². The Kier molecular flexibility index (Phi) is 4.06. The first-order valence-electron chi connectivity index (χ1n) is 6.99. The molecule has 0 aliphatic carbocycles. The molecule has 0 fully saturated rings. The van der Waals surface area contributed by atoms with E-state index in [1.54, 1.807) is 11.3 Å². The van der Waals surface area contributed by atoms with Crippen LogP contribution in [-0.4, -0.2) is 26.1 Å². The van der Waals surface area contributed by atoms with Gasteiger partial charge in [0.25, 0.3) is 0 Å². The Bertz CT molecular complexity index is 864. The van der Waals surface area contributed by atoms with Gasteiger partial charge in [-0.15, -0.1) is 11.3 Å². The van der Waals surface area contributed by atoms with E-state index in [1.165, 1.54) is 22.2 Å². The van der Waals surface area contributed by atoms with Crippen molar-refractivity contribution in [2.45, 2.75) is 25.8 Å². The van der Waals surface area contributed by atoms with Crippen LogP contribution in [0, 0.1) is 20.8 Å². The van der Waals surface area contributed by atoms with Crippen molar-refractivity contribution in [1.29, 1.82) is 0 Å². The Morgan fingerprint density at radius 2 is 2.09 bits per heavy atom. The van der Waals surface area contributed by atoms with Crippen molar-refractivity contribution in [3.8, 4) is 0 Å². The van der Waals surface area contributed by atoms with Crippen LogP contribution in [-0.2, 0) is 7.05 Å². The summed E-state index contributed by atoms with van der Waals surface area (Å²) in [5.74, 6) is 1.26. The predicted octanol–water partition coefficient (Wildman–Crippen LogP) is 3.93. The summed E-state index contributed by atoms with van der Waals surface area (Å²) in [7, 11) is 1.89. The van der Waals surface area contributed by atoms with Crippen LogP contribution < -0.4 is 0 Å². The second-order valence-corrected chi connectivity index (χ2v) is 7.42. The van der Waals surface area contributed by atoms with Gasteiger partial charge in [-0.1, -0.05) is 11.8 Å². The average Bonchev–Trinajstić information content (AvgIpc) is 3.00. The number of thiophene rings is 1. The first kappa shape index (κ1) is 15.2. The minimum atomic E-state index is 0.117. The van der Waals surface area contributed by atoms with Gasteiger partial charge in [0.2, 0.25) is 0 Å². The Labute approximate surface area is 137 Å². The molecule has 6 heteroatoms. The fourth-order valence-electron chi connectivity index (χ4n) is 2.38. The summed E-state index contributed by atoms with van der Waals surface area (Å²) in [6, 6.07) is 3.74. The van der Waals surface area contributed by atoms with Crippen LogP contribution >= 0.6 is 23.1 Å². The molecule has 3 heterocycles. The van der Waals surface area contributed by atoms with Gasteiger partial charge in [0.05, 0.1) is 11.4 Å². The number of ketones is 1. The SMILES string of the molecule is Cc1nc(SCC(=O)c2cccn2C)c2c(C)c(C)sc2n1. The maximum Gasteiger partial charge on any atom is 0.189 e. The number of Topliss-reactive ketones (excluding diaryl/α,β-unsaturated/α-hetero) is 1. The lowest BCUT2D eigenvalue weighted by Gasteiger charge is -2.05. The molecule has 3 aromatic heterocycles. The van der Waals surface area contributed by atoms with E-state index in [9.17, 15) is 4.79 Å². The number of aryl methyl sites for hydroxylation is 4. The quantitative estimate of drug-likeness (QED) is 0.413. The van der Waals surface area contributed by atoms with Crippen molar-refractivity contribution in [2.75, 3.05) is 5.75 Å². The van der Waals surface area contributed by atoms with Crippen molar-refractivity contribution >= 4 is 39.1 Å². The summed E-state index contributed by atoms with van der Waals surface area (Å²) in [6.45, 7) is 6.09. The molecule has 114 valence electrons. The topological polar surface area (TPSA) is 47.8 Å². The fourth-order valence-corrected chi connectivity index (χ4v) is 4.52. The van der Waals surface area contributed by atoms with Crippen molar-refractivity contribution in [1.82, 2.24) is 14.5 Å². The summed E-state index contributed by atoms with van der Waals surface area (Å²) in [6.07, 6.45) is 1.89. The molecule has 22 heavy (non-hydrogen) atoms. The van der Waals surface area contributed by atoms with E-state index in [0.717, 1.165) is 26.8 Å². The number of nitrogens with zero attached hydrogens (tertiary/aromatic N) is 3. The lowest BCUT2D eigenvalue weighted by atomic mass is 10.2. The maximum atomic E-state index is 12.3. The first-order valence-corrected chi connectivity index (χ1v) is 8.79. The average molecular weight is 331 g/mol. The molecule has 0 aliphatic rings. The van der Waals surface area contributed by atoms with Crippen LogP contribution in [0.1, 0.15) is 26.8 Å². The molecule has 0 amide bonds. The van der Waals surface area contributed by atoms with E-state index in [0.29, 0.717) is 5.75 Å². The summed E-state index contributed by atoms with van der Waals surface area (Å²) < 4.78 is 1.85. The highest BCUT2D eigenvalue weighted by Crippen LogP contribution is 2.35. The van der Waals surface area contributed by atoms with Gasteiger partial charge in [-0.05, 0) is 38.5 Å². The van der Waals surface area contributed by atoms with Gasteiger partial charge in [-0.25, -0.2) is 9.97 Å². The summed E-state index contributed by atoms with van der Waals surface area (Å²) >= 11 is 3.19. The number of aromatic nitrogens is 3. The van der Waals surface area contributed by atoms with Crippen molar-refractivity contribution < 1.29 is 4.79 Å². The van der Waals surface area contributed by atoms with Crippen molar-refractivity contribution in [3.05, 3.63) is 40.3 Å². The molecule has 0 spiro atoms. The Hall–Kier alpha value is -1.66. The van der Waals surface area contributed by atoms with Crippen LogP contribution in [0.25, 0.3) is 10.2 Å². The lowest BCUT2D eigenvalue weighted by Crippen LogP contribution is -2.08. The third-order valence-corrected chi connectivity index (χ3v) is 5.75. The van der Waals surface area contributed by atoms with Crippen LogP contribution in [0.4, 0.5) is 0 Å². The minimum Gasteiger partial charge on any atom is -0.348 e. The Morgan fingerprint density at radius 3 is 2.77 bits per heavy atom. The largest absolute Gasteiger partial charge is 0.348 e. The smallest absolute Gasteiger partial charge is 0.189 e. The molecule has 0 aliphatic heterocycles. The zero-order chi connectivity index (χ0) is 15.9. The number of carbonyl (C=O) groups excluding carboxylic acids is 1. The van der Waals surface area contributed by atoms with E-state index in [4.69, 9.17) is 0 Å². The highest BCUT2D eigenvalue weighted by Gasteiger charge is 2.16. The van der Waals surface area contributed by atoms with Gasteiger partial charge in [0.15, 0.2) is 5.78 Å². The normalized spacial score (nSPS) is 11.3. The van der Waals surface area contributed by atoms with Crippen LogP contribution in [0.5, 0.6) is 0 Å². The number of carbonyl (C=O) groups is 1. The molecule has 0 atom stereocenters. The van der Waals surface area contributed by atoms with E-state index in [1.807, 2.05) is 36.9 Å². The van der Waals surface area contributed by atoms with Gasteiger partial charge >= 0.3 is 0 Å². The maximum absolute atomic E-state index is 12.3. The molecule has 0 saturated carbocycles. The van der Waals surface area contributed by atoms with Gasteiger partial charge in [0, 0.05) is 23.5 Å². The molecule has 0 N–H and O–H groups in total. The summed E-state index contributed by atoms with van der Waals surface area (Å²) in [4.78, 5) is 23.7. The monoisotopic (exact) mass is 331 g/mol. The van der Waals surface area contributed by atoms with Crippen LogP contribution in [0.15, 0.2) is 23.4 Å². The zero-order valence-electron chi connectivity index (χ0n) is 13.0. The molecule has 0 unspecified atom stereocenters. The number of fused-ring (bicyclic) bond motifs is 1. The third kappa shape index (κ3) is 2.68. The summed E-state index contributed by atoms with van der Waals surface area (Å²) in [5, 5.41) is 2.00. The molecule has 0 bridgehead atoms. The van der Waals surface area contributed by atoms with Gasteiger partial charge < -0.3 is 4.57 Å². The zero-order valence-corrected chi connectivity index (χ0v) is 14.6. The Morgan fingerprint density at radius 1 is 1.32 bits per heavy atom. The predicted molar refractivity (Wildman–Crippen MR) is 92.1 cm³/mol. The number of thioether (sulfide) groups is 1. The highest BCUT2D eigenvalue weighted by atomic mass is 32.2. The minimum absolute atomic E-state index is 0.117. The van der Waals surface area contributed by atoms with E-state index < -0.39 is 0 Å². The molecular formula is C16H17N3OS2. The molecule has 4 nitrogen and oxygen atoms in total. The second-order valence-electron chi connectivity index (χ2n) is 5.26. The lowest BCUT2D eigenvalue weighted by molar-refractivity contribution is 0.101. The number of rotatable bonds is 4.